The molecule has 0 amide bonds. The largest absolute Gasteiger partial charge is 0.490 e. The maximum absolute atomic E-state index is 13.2. The SMILES string of the molecule is CC(=O)c1ccc(F)cc1OCC(O)c1ccc(F)cc1. The highest BCUT2D eigenvalue weighted by atomic mass is 19.1. The van der Waals surface area contributed by atoms with Crippen LogP contribution in [0.25, 0.3) is 0 Å². The van der Waals surface area contributed by atoms with Crippen LogP contribution in [-0.2, 0) is 0 Å². The van der Waals surface area contributed by atoms with E-state index in [1.807, 2.05) is 0 Å². The molecule has 0 bridgehead atoms. The Morgan fingerprint density at radius 3 is 2.38 bits per heavy atom. The minimum Gasteiger partial charge on any atom is -0.490 e. The van der Waals surface area contributed by atoms with Crippen molar-refractivity contribution in [3.8, 4) is 5.75 Å². The van der Waals surface area contributed by atoms with Gasteiger partial charge in [-0.05, 0) is 36.8 Å². The summed E-state index contributed by atoms with van der Waals surface area (Å²) in [6.07, 6.45) is -1.01. The predicted octanol–water partition coefficient (Wildman–Crippen LogP) is 3.28. The van der Waals surface area contributed by atoms with E-state index in [2.05, 4.69) is 0 Å². The third-order valence-electron chi connectivity index (χ3n) is 2.97. The van der Waals surface area contributed by atoms with Crippen LogP contribution in [0, 0.1) is 11.6 Å². The van der Waals surface area contributed by atoms with Gasteiger partial charge < -0.3 is 9.84 Å². The lowest BCUT2D eigenvalue weighted by atomic mass is 10.1. The lowest BCUT2D eigenvalue weighted by Crippen LogP contribution is -2.11. The molecule has 0 aliphatic carbocycles. The summed E-state index contributed by atoms with van der Waals surface area (Å²) in [4.78, 5) is 11.4. The number of ether oxygens (including phenoxy) is 1. The fraction of sp³-hybridized carbons (Fsp3) is 0.188. The van der Waals surface area contributed by atoms with E-state index in [1.165, 1.54) is 43.3 Å². The van der Waals surface area contributed by atoms with Crippen LogP contribution in [0.2, 0.25) is 0 Å². The first-order valence-corrected chi connectivity index (χ1v) is 6.34. The van der Waals surface area contributed by atoms with Gasteiger partial charge in [0.1, 0.15) is 30.1 Å². The average molecular weight is 292 g/mol. The second-order valence-corrected chi connectivity index (χ2v) is 4.58. The molecule has 21 heavy (non-hydrogen) atoms. The van der Waals surface area contributed by atoms with Crippen molar-refractivity contribution in [2.45, 2.75) is 13.0 Å². The molecule has 0 aliphatic heterocycles. The molecule has 0 fully saturated rings. The second kappa shape index (κ2) is 6.45. The van der Waals surface area contributed by atoms with Crippen LogP contribution in [0.4, 0.5) is 8.78 Å². The number of ketones is 1. The van der Waals surface area contributed by atoms with Gasteiger partial charge in [0.25, 0.3) is 0 Å². The van der Waals surface area contributed by atoms with Crippen molar-refractivity contribution in [2.75, 3.05) is 6.61 Å². The van der Waals surface area contributed by atoms with Crippen molar-refractivity contribution in [3.05, 3.63) is 65.2 Å². The Labute approximate surface area is 120 Å². The molecular formula is C16H14F2O3. The summed E-state index contributed by atoms with van der Waals surface area (Å²) in [5, 5.41) is 9.95. The van der Waals surface area contributed by atoms with Crippen molar-refractivity contribution in [2.24, 2.45) is 0 Å². The zero-order chi connectivity index (χ0) is 15.4. The molecule has 0 aromatic heterocycles. The first kappa shape index (κ1) is 15.1. The molecule has 1 atom stereocenters. The highest BCUT2D eigenvalue weighted by Crippen LogP contribution is 2.22. The Bertz CT molecular complexity index is 638. The molecule has 0 saturated carbocycles. The molecule has 2 rings (SSSR count). The molecule has 110 valence electrons. The molecule has 2 aromatic carbocycles. The number of benzene rings is 2. The van der Waals surface area contributed by atoms with E-state index in [-0.39, 0.29) is 23.7 Å². The van der Waals surface area contributed by atoms with Gasteiger partial charge >= 0.3 is 0 Å². The maximum atomic E-state index is 13.2. The summed E-state index contributed by atoms with van der Waals surface area (Å²) >= 11 is 0. The van der Waals surface area contributed by atoms with Gasteiger partial charge in [0.15, 0.2) is 5.78 Å². The number of carbonyl (C=O) groups is 1. The molecule has 0 heterocycles. The van der Waals surface area contributed by atoms with Gasteiger partial charge in [-0.2, -0.15) is 0 Å². The van der Waals surface area contributed by atoms with Gasteiger partial charge in [0.05, 0.1) is 5.56 Å². The molecule has 0 spiro atoms. The van der Waals surface area contributed by atoms with E-state index in [0.717, 1.165) is 6.07 Å². The molecule has 0 saturated heterocycles. The van der Waals surface area contributed by atoms with Crippen molar-refractivity contribution in [1.82, 2.24) is 0 Å². The normalized spacial score (nSPS) is 12.0. The summed E-state index contributed by atoms with van der Waals surface area (Å²) in [5.41, 5.74) is 0.708. The number of Topliss-reactive ketones (excluding diaryl/α,β-unsaturated/α-hetero) is 1. The van der Waals surface area contributed by atoms with Gasteiger partial charge in [-0.25, -0.2) is 8.78 Å². The van der Waals surface area contributed by atoms with E-state index in [1.54, 1.807) is 0 Å². The fourth-order valence-corrected chi connectivity index (χ4v) is 1.86. The van der Waals surface area contributed by atoms with Crippen LogP contribution in [0.5, 0.6) is 5.75 Å². The number of carbonyl (C=O) groups excluding carboxylic acids is 1. The van der Waals surface area contributed by atoms with Crippen LogP contribution in [-0.4, -0.2) is 17.5 Å². The Morgan fingerprint density at radius 1 is 1.14 bits per heavy atom. The van der Waals surface area contributed by atoms with Crippen molar-refractivity contribution < 1.29 is 23.4 Å². The van der Waals surface area contributed by atoms with Crippen molar-refractivity contribution in [1.29, 1.82) is 0 Å². The van der Waals surface area contributed by atoms with Crippen LogP contribution >= 0.6 is 0 Å². The quantitative estimate of drug-likeness (QED) is 0.860. The lowest BCUT2D eigenvalue weighted by molar-refractivity contribution is 0.0976. The topological polar surface area (TPSA) is 46.5 Å². The van der Waals surface area contributed by atoms with Crippen LogP contribution in [0.3, 0.4) is 0 Å². The summed E-state index contributed by atoms with van der Waals surface area (Å²) < 4.78 is 31.3. The van der Waals surface area contributed by atoms with Crippen LogP contribution < -0.4 is 4.74 Å². The number of aliphatic hydroxyl groups excluding tert-OH is 1. The van der Waals surface area contributed by atoms with Crippen molar-refractivity contribution in [3.63, 3.8) is 0 Å². The van der Waals surface area contributed by atoms with Crippen LogP contribution in [0.15, 0.2) is 42.5 Å². The van der Waals surface area contributed by atoms with Gasteiger partial charge in [0.2, 0.25) is 0 Å². The number of hydrogen-bond donors (Lipinski definition) is 1. The number of hydrogen-bond acceptors (Lipinski definition) is 3. The second-order valence-electron chi connectivity index (χ2n) is 4.58. The van der Waals surface area contributed by atoms with Gasteiger partial charge in [0, 0.05) is 6.07 Å². The standard InChI is InChI=1S/C16H14F2O3/c1-10(19)14-7-6-13(18)8-16(14)21-9-15(20)11-2-4-12(17)5-3-11/h2-8,15,20H,9H2,1H3. The Kier molecular flexibility index (Phi) is 4.65. The molecule has 2 aromatic rings. The Balaban J connectivity index is 2.10. The highest BCUT2D eigenvalue weighted by molar-refractivity contribution is 5.96. The van der Waals surface area contributed by atoms with Gasteiger partial charge in [-0.15, -0.1) is 0 Å². The number of halogens is 2. The highest BCUT2D eigenvalue weighted by Gasteiger charge is 2.13. The minimum absolute atomic E-state index is 0.0728. The van der Waals surface area contributed by atoms with Gasteiger partial charge in [-0.1, -0.05) is 12.1 Å². The Morgan fingerprint density at radius 2 is 1.76 bits per heavy atom. The number of aliphatic hydroxyl groups is 1. The molecule has 1 N–H and O–H groups in total. The molecule has 0 aliphatic rings. The third kappa shape index (κ3) is 3.86. The van der Waals surface area contributed by atoms with E-state index in [0.29, 0.717) is 5.56 Å². The molecule has 3 nitrogen and oxygen atoms in total. The van der Waals surface area contributed by atoms with Gasteiger partial charge in [-0.3, -0.25) is 4.79 Å². The zero-order valence-electron chi connectivity index (χ0n) is 11.3. The van der Waals surface area contributed by atoms with E-state index in [4.69, 9.17) is 4.74 Å². The summed E-state index contributed by atoms with van der Waals surface area (Å²) in [5.74, 6) is -1.13. The van der Waals surface area contributed by atoms with E-state index in [9.17, 15) is 18.7 Å². The molecular weight excluding hydrogens is 278 g/mol. The third-order valence-corrected chi connectivity index (χ3v) is 2.97. The van der Waals surface area contributed by atoms with E-state index < -0.39 is 17.7 Å². The zero-order valence-corrected chi connectivity index (χ0v) is 11.3. The van der Waals surface area contributed by atoms with E-state index >= 15 is 0 Å². The summed E-state index contributed by atoms with van der Waals surface area (Å²) in [6, 6.07) is 8.90. The smallest absolute Gasteiger partial charge is 0.163 e. The maximum Gasteiger partial charge on any atom is 0.163 e. The number of rotatable bonds is 5. The molecule has 1 unspecified atom stereocenters. The Hall–Kier alpha value is -2.27. The predicted molar refractivity (Wildman–Crippen MR) is 73.3 cm³/mol. The minimum atomic E-state index is -1.01. The fourth-order valence-electron chi connectivity index (χ4n) is 1.86. The monoisotopic (exact) mass is 292 g/mol. The van der Waals surface area contributed by atoms with Crippen molar-refractivity contribution >= 4 is 5.78 Å². The average Bonchev–Trinajstić information content (AvgIpc) is 2.45. The first-order chi connectivity index (χ1) is 9.97. The molecule has 0 radical (unpaired) electrons. The summed E-state index contributed by atoms with van der Waals surface area (Å²) in [6.45, 7) is 1.17. The first-order valence-electron chi connectivity index (χ1n) is 6.34. The lowest BCUT2D eigenvalue weighted by Gasteiger charge is -2.14. The molecule has 5 heteroatoms. The summed E-state index contributed by atoms with van der Waals surface area (Å²) in [7, 11) is 0. The van der Waals surface area contributed by atoms with Crippen LogP contribution in [0.1, 0.15) is 28.9 Å².